The number of nitrogens with zero attached hydrogens (tertiary/aromatic N) is 4. The summed E-state index contributed by atoms with van der Waals surface area (Å²) in [5.74, 6) is 1.02. The van der Waals surface area contributed by atoms with Crippen molar-refractivity contribution in [2.75, 3.05) is 6.54 Å². The molecule has 0 aliphatic carbocycles. The lowest BCUT2D eigenvalue weighted by Gasteiger charge is -2.08. The quantitative estimate of drug-likeness (QED) is 0.526. The summed E-state index contributed by atoms with van der Waals surface area (Å²) in [6.07, 6.45) is 5.64. The van der Waals surface area contributed by atoms with Crippen LogP contribution in [0.4, 0.5) is 0 Å². The highest BCUT2D eigenvalue weighted by atomic mass is 16.3. The first-order valence-electron chi connectivity index (χ1n) is 8.39. The number of nitrogens with one attached hydrogen (secondary N) is 1. The molecule has 0 radical (unpaired) electrons. The molecule has 4 rings (SSSR count). The van der Waals surface area contributed by atoms with E-state index in [1.807, 2.05) is 36.5 Å². The van der Waals surface area contributed by atoms with Gasteiger partial charge in [-0.05, 0) is 47.2 Å². The Morgan fingerprint density at radius 3 is 2.80 bits per heavy atom. The van der Waals surface area contributed by atoms with Gasteiger partial charge < -0.3 is 9.73 Å². The Morgan fingerprint density at radius 1 is 1.04 bits per heavy atom. The third-order valence-corrected chi connectivity index (χ3v) is 4.15. The summed E-state index contributed by atoms with van der Waals surface area (Å²) in [5, 5.41) is 15.5. The molecule has 3 heterocycles. The fraction of sp³-hybridized carbons (Fsp3) is 0.211. The molecule has 6 heteroatoms. The zero-order chi connectivity index (χ0) is 16.9. The molecule has 0 spiro atoms. The highest BCUT2D eigenvalue weighted by Gasteiger charge is 2.09. The molecule has 4 aromatic rings. The molecule has 0 aliphatic heterocycles. The average molecular weight is 333 g/mol. The second-order valence-corrected chi connectivity index (χ2v) is 5.93. The van der Waals surface area contributed by atoms with Gasteiger partial charge in [0.15, 0.2) is 5.65 Å². The van der Waals surface area contributed by atoms with Crippen LogP contribution in [0.15, 0.2) is 65.4 Å². The Labute approximate surface area is 145 Å². The van der Waals surface area contributed by atoms with Crippen LogP contribution >= 0.6 is 0 Å². The van der Waals surface area contributed by atoms with Crippen LogP contribution in [0, 0.1) is 0 Å². The first-order chi connectivity index (χ1) is 12.4. The van der Waals surface area contributed by atoms with Crippen LogP contribution in [-0.4, -0.2) is 26.6 Å². The standard InChI is InChI=1S/C19H19N5O/c1-2-6-15(7-3-1)17-12-16(19-21-22-23-24(19)14-17)13-20-10-4-8-18-9-5-11-25-18/h1-3,5-7,9,11-12,14,20H,4,8,10,13H2. The third-order valence-electron chi connectivity index (χ3n) is 4.15. The van der Waals surface area contributed by atoms with Crippen LogP contribution in [0.5, 0.6) is 0 Å². The Hall–Kier alpha value is -2.99. The molecule has 0 atom stereocenters. The van der Waals surface area contributed by atoms with Crippen LogP contribution < -0.4 is 5.32 Å². The molecule has 126 valence electrons. The van der Waals surface area contributed by atoms with Gasteiger partial charge in [-0.2, -0.15) is 4.52 Å². The topological polar surface area (TPSA) is 68.2 Å². The van der Waals surface area contributed by atoms with Crippen LogP contribution in [0.1, 0.15) is 17.7 Å². The molecule has 1 N–H and O–H groups in total. The monoisotopic (exact) mass is 333 g/mol. The van der Waals surface area contributed by atoms with Gasteiger partial charge in [-0.1, -0.05) is 30.3 Å². The first kappa shape index (κ1) is 15.5. The molecule has 25 heavy (non-hydrogen) atoms. The normalized spacial score (nSPS) is 11.2. The van der Waals surface area contributed by atoms with E-state index in [0.717, 1.165) is 54.0 Å². The molecular formula is C19H19N5O. The van der Waals surface area contributed by atoms with E-state index in [9.17, 15) is 0 Å². The molecule has 0 aliphatic rings. The minimum Gasteiger partial charge on any atom is -0.469 e. The molecular weight excluding hydrogens is 314 g/mol. The fourth-order valence-electron chi connectivity index (χ4n) is 2.90. The van der Waals surface area contributed by atoms with Crippen molar-refractivity contribution in [3.05, 3.63) is 72.3 Å². The van der Waals surface area contributed by atoms with Crippen LogP contribution in [-0.2, 0) is 13.0 Å². The molecule has 6 nitrogen and oxygen atoms in total. The number of fused-ring (bicyclic) bond motifs is 1. The maximum absolute atomic E-state index is 5.35. The summed E-state index contributed by atoms with van der Waals surface area (Å²) in [6.45, 7) is 1.63. The van der Waals surface area contributed by atoms with Crippen molar-refractivity contribution in [1.29, 1.82) is 0 Å². The van der Waals surface area contributed by atoms with Crippen molar-refractivity contribution in [3.8, 4) is 11.1 Å². The van der Waals surface area contributed by atoms with Crippen LogP contribution in [0.2, 0.25) is 0 Å². The van der Waals surface area contributed by atoms with E-state index in [1.54, 1.807) is 10.8 Å². The third kappa shape index (κ3) is 3.59. The number of rotatable bonds is 7. The van der Waals surface area contributed by atoms with Gasteiger partial charge in [0.25, 0.3) is 0 Å². The molecule has 0 amide bonds. The SMILES string of the molecule is c1ccc(-c2cc(CNCCCc3ccco3)c3nnnn3c2)cc1. The van der Waals surface area contributed by atoms with Gasteiger partial charge in [-0.25, -0.2) is 0 Å². The Bertz CT molecular complexity index is 931. The van der Waals surface area contributed by atoms with Gasteiger partial charge in [0.2, 0.25) is 0 Å². The lowest BCUT2D eigenvalue weighted by Crippen LogP contribution is -2.16. The number of hydrogen-bond donors (Lipinski definition) is 1. The van der Waals surface area contributed by atoms with Gasteiger partial charge in [-0.3, -0.25) is 0 Å². The number of pyridine rings is 1. The van der Waals surface area contributed by atoms with Gasteiger partial charge in [0, 0.05) is 30.3 Å². The number of benzene rings is 1. The zero-order valence-corrected chi connectivity index (χ0v) is 13.8. The second kappa shape index (κ2) is 7.27. The van der Waals surface area contributed by atoms with E-state index >= 15 is 0 Å². The fourth-order valence-corrected chi connectivity index (χ4v) is 2.90. The number of furan rings is 1. The largest absolute Gasteiger partial charge is 0.469 e. The van der Waals surface area contributed by atoms with Crippen LogP contribution in [0.25, 0.3) is 16.8 Å². The number of hydrogen-bond acceptors (Lipinski definition) is 5. The van der Waals surface area contributed by atoms with Gasteiger partial charge >= 0.3 is 0 Å². The van der Waals surface area contributed by atoms with E-state index in [-0.39, 0.29) is 0 Å². The summed E-state index contributed by atoms with van der Waals surface area (Å²) in [5.41, 5.74) is 4.13. The molecule has 1 aromatic carbocycles. The van der Waals surface area contributed by atoms with Gasteiger partial charge in [0.1, 0.15) is 5.76 Å². The number of tetrazole rings is 1. The van der Waals surface area contributed by atoms with Crippen molar-refractivity contribution in [1.82, 2.24) is 25.4 Å². The highest BCUT2D eigenvalue weighted by Crippen LogP contribution is 2.21. The lowest BCUT2D eigenvalue weighted by molar-refractivity contribution is 0.496. The summed E-state index contributed by atoms with van der Waals surface area (Å²) >= 11 is 0. The molecule has 0 bridgehead atoms. The van der Waals surface area contributed by atoms with Crippen molar-refractivity contribution in [2.45, 2.75) is 19.4 Å². The van der Waals surface area contributed by atoms with E-state index in [2.05, 4.69) is 39.0 Å². The number of aryl methyl sites for hydroxylation is 1. The maximum atomic E-state index is 5.35. The molecule has 0 unspecified atom stereocenters. The molecule has 0 saturated heterocycles. The van der Waals surface area contributed by atoms with Crippen molar-refractivity contribution < 1.29 is 4.42 Å². The Balaban J connectivity index is 1.46. The van der Waals surface area contributed by atoms with Gasteiger partial charge in [0.05, 0.1) is 6.26 Å². The minimum absolute atomic E-state index is 0.725. The van der Waals surface area contributed by atoms with Crippen LogP contribution in [0.3, 0.4) is 0 Å². The first-order valence-corrected chi connectivity index (χ1v) is 8.39. The maximum Gasteiger partial charge on any atom is 0.183 e. The smallest absolute Gasteiger partial charge is 0.183 e. The summed E-state index contributed by atoms with van der Waals surface area (Å²) < 4.78 is 7.09. The zero-order valence-electron chi connectivity index (χ0n) is 13.8. The number of aromatic nitrogens is 4. The second-order valence-electron chi connectivity index (χ2n) is 5.93. The average Bonchev–Trinajstić information content (AvgIpc) is 3.33. The van der Waals surface area contributed by atoms with E-state index in [0.29, 0.717) is 0 Å². The lowest BCUT2D eigenvalue weighted by atomic mass is 10.1. The predicted molar refractivity (Wildman–Crippen MR) is 95.0 cm³/mol. The van der Waals surface area contributed by atoms with Gasteiger partial charge in [-0.15, -0.1) is 5.10 Å². The van der Waals surface area contributed by atoms with E-state index in [4.69, 9.17) is 4.42 Å². The Kier molecular flexibility index (Phi) is 4.52. The van der Waals surface area contributed by atoms with Crippen molar-refractivity contribution in [2.24, 2.45) is 0 Å². The molecule has 0 saturated carbocycles. The summed E-state index contributed by atoms with van der Waals surface area (Å²) in [4.78, 5) is 0. The Morgan fingerprint density at radius 2 is 1.96 bits per heavy atom. The van der Waals surface area contributed by atoms with Crippen molar-refractivity contribution >= 4 is 5.65 Å². The predicted octanol–water partition coefficient (Wildman–Crippen LogP) is 3.11. The summed E-state index contributed by atoms with van der Waals surface area (Å²) in [7, 11) is 0. The van der Waals surface area contributed by atoms with Crippen molar-refractivity contribution in [3.63, 3.8) is 0 Å². The van der Waals surface area contributed by atoms with E-state index < -0.39 is 0 Å². The molecule has 0 fully saturated rings. The summed E-state index contributed by atoms with van der Waals surface area (Å²) in [6, 6.07) is 16.3. The molecule has 3 aromatic heterocycles. The highest BCUT2D eigenvalue weighted by molar-refractivity contribution is 5.66. The van der Waals surface area contributed by atoms with E-state index in [1.165, 1.54) is 0 Å². The minimum atomic E-state index is 0.725.